The molecule has 0 bridgehead atoms. The van der Waals surface area contributed by atoms with Crippen LogP contribution in [0.2, 0.25) is 0 Å². The quantitative estimate of drug-likeness (QED) is 0.688. The van der Waals surface area contributed by atoms with Crippen LogP contribution in [0.15, 0.2) is 4.90 Å². The third kappa shape index (κ3) is 4.78. The zero-order chi connectivity index (χ0) is 18.7. The van der Waals surface area contributed by atoms with Crippen molar-refractivity contribution >= 4 is 15.9 Å². The van der Waals surface area contributed by atoms with Gasteiger partial charge in [0.2, 0.25) is 15.9 Å². The molecule has 0 heterocycles. The minimum Gasteiger partial charge on any atom is -0.392 e. The van der Waals surface area contributed by atoms with E-state index in [0.29, 0.717) is 4.90 Å². The molecule has 0 radical (unpaired) electrons. The fraction of sp³-hybridized carbons (Fsp3) is 0.588. The summed E-state index contributed by atoms with van der Waals surface area (Å²) < 4.78 is 27.8. The second-order valence-electron chi connectivity index (χ2n) is 6.25. The summed E-state index contributed by atoms with van der Waals surface area (Å²) in [6.45, 7) is 11.2. The Bertz CT molecular complexity index is 696. The summed E-state index contributed by atoms with van der Waals surface area (Å²) in [5.41, 5.74) is 4.51. The topological polar surface area (TPSA) is 95.5 Å². The molecular formula is C17H28N2O4S. The van der Waals surface area contributed by atoms with Gasteiger partial charge in [0.25, 0.3) is 0 Å². The summed E-state index contributed by atoms with van der Waals surface area (Å²) in [5.74, 6) is -0.302. The number of aliphatic hydroxyl groups excluding tert-OH is 1. The number of hydrogen-bond donors (Lipinski definition) is 3. The maximum Gasteiger partial charge on any atom is 0.241 e. The van der Waals surface area contributed by atoms with Gasteiger partial charge in [0.05, 0.1) is 11.0 Å². The number of carbonyl (C=O) groups is 1. The molecule has 1 amide bonds. The number of aliphatic hydroxyl groups is 1. The minimum atomic E-state index is -3.69. The van der Waals surface area contributed by atoms with Gasteiger partial charge in [-0.2, -0.15) is 0 Å². The Hall–Kier alpha value is -1.44. The molecule has 0 spiro atoms. The van der Waals surface area contributed by atoms with Crippen molar-refractivity contribution in [1.82, 2.24) is 10.0 Å². The minimum absolute atomic E-state index is 0.0127. The molecule has 0 aliphatic carbocycles. The second-order valence-corrected chi connectivity index (χ2v) is 7.96. The van der Waals surface area contributed by atoms with E-state index < -0.39 is 16.1 Å². The van der Waals surface area contributed by atoms with E-state index in [1.807, 2.05) is 20.8 Å². The molecule has 0 fully saturated rings. The van der Waals surface area contributed by atoms with Crippen molar-refractivity contribution in [2.75, 3.05) is 13.1 Å². The molecule has 1 aromatic rings. The van der Waals surface area contributed by atoms with Crippen LogP contribution in [0.3, 0.4) is 0 Å². The van der Waals surface area contributed by atoms with Gasteiger partial charge in [-0.15, -0.1) is 0 Å². The predicted octanol–water partition coefficient (Wildman–Crippen LogP) is 1.39. The molecule has 0 saturated heterocycles. The van der Waals surface area contributed by atoms with Crippen LogP contribution in [0.25, 0.3) is 0 Å². The van der Waals surface area contributed by atoms with E-state index in [-0.39, 0.29) is 25.4 Å². The lowest BCUT2D eigenvalue weighted by Crippen LogP contribution is -2.34. The SMILES string of the molecule is Cc1c(C)c(C)c(S(=O)(=O)NCCC(=O)NCC(C)O)c(C)c1C. The number of amides is 1. The molecule has 24 heavy (non-hydrogen) atoms. The van der Waals surface area contributed by atoms with Crippen molar-refractivity contribution < 1.29 is 18.3 Å². The second kappa shape index (κ2) is 8.09. The Kier molecular flexibility index (Phi) is 6.95. The van der Waals surface area contributed by atoms with Gasteiger partial charge in [-0.1, -0.05) is 0 Å². The van der Waals surface area contributed by atoms with Gasteiger partial charge >= 0.3 is 0 Å². The van der Waals surface area contributed by atoms with E-state index >= 15 is 0 Å². The first kappa shape index (κ1) is 20.6. The monoisotopic (exact) mass is 356 g/mol. The van der Waals surface area contributed by atoms with Crippen LogP contribution in [0.5, 0.6) is 0 Å². The summed E-state index contributed by atoms with van der Waals surface area (Å²) in [6.07, 6.45) is -0.608. The van der Waals surface area contributed by atoms with Crippen LogP contribution in [0.4, 0.5) is 0 Å². The van der Waals surface area contributed by atoms with Crippen LogP contribution < -0.4 is 10.0 Å². The first-order valence-corrected chi connectivity index (χ1v) is 9.48. The molecule has 1 aromatic carbocycles. The fourth-order valence-electron chi connectivity index (χ4n) is 2.59. The number of sulfonamides is 1. The van der Waals surface area contributed by atoms with Gasteiger partial charge in [-0.05, 0) is 69.4 Å². The highest BCUT2D eigenvalue weighted by Gasteiger charge is 2.23. The predicted molar refractivity (Wildman–Crippen MR) is 94.6 cm³/mol. The van der Waals surface area contributed by atoms with Crippen LogP contribution in [-0.2, 0) is 14.8 Å². The van der Waals surface area contributed by atoms with E-state index in [1.165, 1.54) is 0 Å². The number of nitrogens with one attached hydrogen (secondary N) is 2. The molecule has 3 N–H and O–H groups in total. The van der Waals surface area contributed by atoms with Crippen molar-refractivity contribution in [2.45, 2.75) is 59.0 Å². The maximum absolute atomic E-state index is 12.7. The fourth-order valence-corrected chi connectivity index (χ4v) is 4.22. The Balaban J connectivity index is 2.89. The zero-order valence-electron chi connectivity index (χ0n) is 15.3. The summed E-state index contributed by atoms with van der Waals surface area (Å²) in [5, 5.41) is 11.6. The molecule has 0 aliphatic rings. The lowest BCUT2D eigenvalue weighted by molar-refractivity contribution is -0.121. The van der Waals surface area contributed by atoms with Crippen molar-refractivity contribution in [3.8, 4) is 0 Å². The van der Waals surface area contributed by atoms with E-state index in [1.54, 1.807) is 20.8 Å². The van der Waals surface area contributed by atoms with Gasteiger partial charge < -0.3 is 10.4 Å². The largest absolute Gasteiger partial charge is 0.392 e. The lowest BCUT2D eigenvalue weighted by atomic mass is 9.95. The summed E-state index contributed by atoms with van der Waals surface area (Å²) in [4.78, 5) is 11.9. The van der Waals surface area contributed by atoms with Gasteiger partial charge in [0, 0.05) is 19.5 Å². The average Bonchev–Trinajstić information content (AvgIpc) is 2.48. The molecule has 1 unspecified atom stereocenters. The highest BCUT2D eigenvalue weighted by Crippen LogP contribution is 2.29. The zero-order valence-corrected chi connectivity index (χ0v) is 16.1. The summed E-state index contributed by atoms with van der Waals surface area (Å²) >= 11 is 0. The molecule has 136 valence electrons. The van der Waals surface area contributed by atoms with E-state index in [4.69, 9.17) is 5.11 Å². The van der Waals surface area contributed by atoms with Crippen LogP contribution >= 0.6 is 0 Å². The smallest absolute Gasteiger partial charge is 0.241 e. The Morgan fingerprint density at radius 2 is 1.46 bits per heavy atom. The van der Waals surface area contributed by atoms with Crippen LogP contribution in [-0.4, -0.2) is 38.6 Å². The Morgan fingerprint density at radius 3 is 1.92 bits per heavy atom. The Morgan fingerprint density at radius 1 is 1.00 bits per heavy atom. The maximum atomic E-state index is 12.7. The normalized spacial score (nSPS) is 13.0. The number of hydrogen-bond acceptors (Lipinski definition) is 4. The molecule has 0 aromatic heterocycles. The molecular weight excluding hydrogens is 328 g/mol. The van der Waals surface area contributed by atoms with Gasteiger partial charge in [0.1, 0.15) is 0 Å². The standard InChI is InChI=1S/C17H28N2O4S/c1-10(20)9-18-16(21)7-8-19-24(22,23)17-14(5)12(3)11(2)13(4)15(17)6/h10,19-20H,7-9H2,1-6H3,(H,18,21). The molecule has 6 nitrogen and oxygen atoms in total. The van der Waals surface area contributed by atoms with E-state index in [9.17, 15) is 13.2 Å². The highest BCUT2D eigenvalue weighted by atomic mass is 32.2. The summed E-state index contributed by atoms with van der Waals surface area (Å²) in [6, 6.07) is 0. The van der Waals surface area contributed by atoms with Crippen molar-refractivity contribution in [3.63, 3.8) is 0 Å². The highest BCUT2D eigenvalue weighted by molar-refractivity contribution is 7.89. The van der Waals surface area contributed by atoms with Crippen molar-refractivity contribution in [3.05, 3.63) is 27.8 Å². The van der Waals surface area contributed by atoms with E-state index in [2.05, 4.69) is 10.0 Å². The third-order valence-electron chi connectivity index (χ3n) is 4.44. The van der Waals surface area contributed by atoms with Crippen molar-refractivity contribution in [1.29, 1.82) is 0 Å². The van der Waals surface area contributed by atoms with Crippen molar-refractivity contribution in [2.24, 2.45) is 0 Å². The first-order valence-electron chi connectivity index (χ1n) is 8.00. The average molecular weight is 356 g/mol. The summed E-state index contributed by atoms with van der Waals surface area (Å²) in [7, 11) is -3.69. The van der Waals surface area contributed by atoms with Gasteiger partial charge in [-0.3, -0.25) is 4.79 Å². The lowest BCUT2D eigenvalue weighted by Gasteiger charge is -2.19. The van der Waals surface area contributed by atoms with Gasteiger partial charge in [-0.25, -0.2) is 13.1 Å². The molecule has 0 saturated carbocycles. The third-order valence-corrected chi connectivity index (χ3v) is 6.17. The van der Waals surface area contributed by atoms with Crippen LogP contribution in [0, 0.1) is 34.6 Å². The molecule has 1 rings (SSSR count). The molecule has 7 heteroatoms. The first-order chi connectivity index (χ1) is 11.0. The van der Waals surface area contributed by atoms with E-state index in [0.717, 1.165) is 27.8 Å². The molecule has 1 atom stereocenters. The van der Waals surface area contributed by atoms with Gasteiger partial charge in [0.15, 0.2) is 0 Å². The number of carbonyl (C=O) groups excluding carboxylic acids is 1. The number of benzene rings is 1. The Labute approximate surface area is 144 Å². The number of rotatable bonds is 7. The molecule has 0 aliphatic heterocycles. The van der Waals surface area contributed by atoms with Crippen LogP contribution in [0.1, 0.15) is 41.2 Å².